The van der Waals surface area contributed by atoms with Gasteiger partial charge in [0.2, 0.25) is 0 Å². The van der Waals surface area contributed by atoms with Gasteiger partial charge < -0.3 is 5.73 Å². The minimum absolute atomic E-state index is 0.176. The van der Waals surface area contributed by atoms with E-state index in [0.717, 1.165) is 17.7 Å². The molecule has 6 heteroatoms. The van der Waals surface area contributed by atoms with Crippen molar-refractivity contribution in [1.29, 1.82) is 0 Å². The highest BCUT2D eigenvalue weighted by molar-refractivity contribution is 7.92. The average molecular weight is 294 g/mol. The van der Waals surface area contributed by atoms with Crippen molar-refractivity contribution in [2.45, 2.75) is 18.2 Å². The van der Waals surface area contributed by atoms with Gasteiger partial charge >= 0.3 is 0 Å². The van der Waals surface area contributed by atoms with Crippen molar-refractivity contribution >= 4 is 21.4 Å². The quantitative estimate of drug-likeness (QED) is 0.852. The highest BCUT2D eigenvalue weighted by atomic mass is 32.2. The molecule has 0 atom stereocenters. The molecule has 2 aromatic rings. The smallest absolute Gasteiger partial charge is 0.264 e. The van der Waals surface area contributed by atoms with Gasteiger partial charge in [0, 0.05) is 5.69 Å². The molecule has 0 saturated heterocycles. The Hall–Kier alpha value is -2.08. The van der Waals surface area contributed by atoms with Gasteiger partial charge in [0.25, 0.3) is 10.0 Å². The molecule has 106 valence electrons. The van der Waals surface area contributed by atoms with E-state index >= 15 is 0 Å². The minimum atomic E-state index is -3.97. The molecule has 0 aromatic heterocycles. The van der Waals surface area contributed by atoms with Crippen LogP contribution in [0.15, 0.2) is 47.4 Å². The highest BCUT2D eigenvalue weighted by Gasteiger charge is 2.20. The molecule has 0 radical (unpaired) electrons. The molecule has 2 rings (SSSR count). The van der Waals surface area contributed by atoms with E-state index in [9.17, 15) is 12.8 Å². The molecule has 0 aliphatic carbocycles. The molecule has 0 aliphatic rings. The van der Waals surface area contributed by atoms with Gasteiger partial charge in [0.05, 0.1) is 5.69 Å². The van der Waals surface area contributed by atoms with Crippen LogP contribution in [0.3, 0.4) is 0 Å². The molecule has 2 aromatic carbocycles. The van der Waals surface area contributed by atoms with Crippen LogP contribution in [0.1, 0.15) is 12.5 Å². The summed E-state index contributed by atoms with van der Waals surface area (Å²) in [6.07, 6.45) is 0.670. The molecular formula is C14H15FN2O2S. The third kappa shape index (κ3) is 2.91. The average Bonchev–Trinajstić information content (AvgIpc) is 2.38. The highest BCUT2D eigenvalue weighted by Crippen LogP contribution is 2.23. The number of aryl methyl sites for hydroxylation is 1. The van der Waals surface area contributed by atoms with Crippen molar-refractivity contribution in [2.24, 2.45) is 0 Å². The van der Waals surface area contributed by atoms with Gasteiger partial charge in [-0.25, -0.2) is 12.8 Å². The van der Waals surface area contributed by atoms with E-state index in [1.165, 1.54) is 6.07 Å². The molecule has 0 unspecified atom stereocenters. The topological polar surface area (TPSA) is 72.2 Å². The van der Waals surface area contributed by atoms with Crippen LogP contribution in [0, 0.1) is 5.82 Å². The maximum absolute atomic E-state index is 13.7. The van der Waals surface area contributed by atoms with Gasteiger partial charge in [-0.3, -0.25) is 4.72 Å². The van der Waals surface area contributed by atoms with E-state index in [1.54, 1.807) is 12.1 Å². The number of nitrogen functional groups attached to an aromatic ring is 1. The lowest BCUT2D eigenvalue weighted by Crippen LogP contribution is -2.15. The first-order valence-electron chi connectivity index (χ1n) is 6.10. The monoisotopic (exact) mass is 294 g/mol. The molecule has 3 N–H and O–H groups in total. The van der Waals surface area contributed by atoms with Crippen molar-refractivity contribution in [3.05, 3.63) is 53.8 Å². The fourth-order valence-corrected chi connectivity index (χ4v) is 3.02. The number of hydrogen-bond acceptors (Lipinski definition) is 3. The third-order valence-corrected chi connectivity index (χ3v) is 4.29. The lowest BCUT2D eigenvalue weighted by Gasteiger charge is -2.12. The van der Waals surface area contributed by atoms with Crippen LogP contribution in [-0.4, -0.2) is 8.42 Å². The Morgan fingerprint density at radius 2 is 1.90 bits per heavy atom. The molecule has 0 bridgehead atoms. The van der Waals surface area contributed by atoms with Crippen LogP contribution < -0.4 is 10.5 Å². The fraction of sp³-hybridized carbons (Fsp3) is 0.143. The zero-order valence-electron chi connectivity index (χ0n) is 10.9. The number of para-hydroxylation sites is 1. The number of anilines is 2. The lowest BCUT2D eigenvalue weighted by atomic mass is 10.1. The number of rotatable bonds is 4. The molecule has 0 spiro atoms. The SMILES string of the molecule is CCc1ccccc1NS(=O)(=O)c1ccc(N)cc1F. The third-order valence-electron chi connectivity index (χ3n) is 2.89. The first-order valence-corrected chi connectivity index (χ1v) is 7.58. The van der Waals surface area contributed by atoms with E-state index in [-0.39, 0.29) is 5.69 Å². The van der Waals surface area contributed by atoms with E-state index in [0.29, 0.717) is 12.1 Å². The van der Waals surface area contributed by atoms with Crippen LogP contribution >= 0.6 is 0 Å². The summed E-state index contributed by atoms with van der Waals surface area (Å²) in [5.41, 5.74) is 6.88. The van der Waals surface area contributed by atoms with Gasteiger partial charge in [-0.1, -0.05) is 25.1 Å². The van der Waals surface area contributed by atoms with Crippen LogP contribution in [0.25, 0.3) is 0 Å². The van der Waals surface area contributed by atoms with E-state index in [1.807, 2.05) is 19.1 Å². The summed E-state index contributed by atoms with van der Waals surface area (Å²) in [6.45, 7) is 1.91. The maximum atomic E-state index is 13.7. The number of halogens is 1. The summed E-state index contributed by atoms with van der Waals surface area (Å²) in [6, 6.07) is 10.5. The largest absolute Gasteiger partial charge is 0.399 e. The molecule has 0 saturated carbocycles. The second-order valence-electron chi connectivity index (χ2n) is 4.31. The molecule has 0 fully saturated rings. The Morgan fingerprint density at radius 3 is 2.55 bits per heavy atom. The first-order chi connectivity index (χ1) is 9.44. The number of nitrogens with two attached hydrogens (primary N) is 1. The molecule has 4 nitrogen and oxygen atoms in total. The molecule has 0 amide bonds. The van der Waals surface area contributed by atoms with Crippen LogP contribution in [0.4, 0.5) is 15.8 Å². The van der Waals surface area contributed by atoms with Crippen molar-refractivity contribution in [1.82, 2.24) is 0 Å². The van der Waals surface area contributed by atoms with Crippen molar-refractivity contribution in [2.75, 3.05) is 10.5 Å². The van der Waals surface area contributed by atoms with Crippen LogP contribution in [-0.2, 0) is 16.4 Å². The number of sulfonamides is 1. The Bertz CT molecular complexity index is 730. The molecule has 0 aliphatic heterocycles. The molecule has 20 heavy (non-hydrogen) atoms. The maximum Gasteiger partial charge on any atom is 0.264 e. The van der Waals surface area contributed by atoms with Crippen LogP contribution in [0.5, 0.6) is 0 Å². The van der Waals surface area contributed by atoms with E-state index in [4.69, 9.17) is 5.73 Å². The van der Waals surface area contributed by atoms with Gasteiger partial charge in [-0.2, -0.15) is 0 Å². The second-order valence-corrected chi connectivity index (χ2v) is 5.96. The van der Waals surface area contributed by atoms with Gasteiger partial charge in [0.1, 0.15) is 10.7 Å². The standard InChI is InChI=1S/C14H15FN2O2S/c1-2-10-5-3-4-6-13(10)17-20(18,19)14-8-7-11(16)9-12(14)15/h3-9,17H,2,16H2,1H3. The summed E-state index contributed by atoms with van der Waals surface area (Å²) in [4.78, 5) is -0.419. The molecule has 0 heterocycles. The lowest BCUT2D eigenvalue weighted by molar-refractivity contribution is 0.571. The second kappa shape index (κ2) is 5.50. The van der Waals surface area contributed by atoms with Gasteiger partial charge in [0.15, 0.2) is 0 Å². The number of benzene rings is 2. The van der Waals surface area contributed by atoms with Gasteiger partial charge in [-0.05, 0) is 36.2 Å². The Morgan fingerprint density at radius 1 is 1.20 bits per heavy atom. The Balaban J connectivity index is 2.41. The van der Waals surface area contributed by atoms with Crippen LogP contribution in [0.2, 0.25) is 0 Å². The Kier molecular flexibility index (Phi) is 3.94. The normalized spacial score (nSPS) is 11.3. The predicted molar refractivity (Wildman–Crippen MR) is 77.4 cm³/mol. The summed E-state index contributed by atoms with van der Waals surface area (Å²) in [7, 11) is -3.97. The summed E-state index contributed by atoms with van der Waals surface area (Å²) in [5.74, 6) is -0.869. The number of hydrogen-bond donors (Lipinski definition) is 2. The Labute approximate surface area is 117 Å². The number of nitrogens with one attached hydrogen (secondary N) is 1. The molecular weight excluding hydrogens is 279 g/mol. The van der Waals surface area contributed by atoms with E-state index in [2.05, 4.69) is 4.72 Å². The van der Waals surface area contributed by atoms with E-state index < -0.39 is 20.7 Å². The zero-order chi connectivity index (χ0) is 14.8. The van der Waals surface area contributed by atoms with Crippen molar-refractivity contribution in [3.8, 4) is 0 Å². The zero-order valence-corrected chi connectivity index (χ0v) is 11.7. The van der Waals surface area contributed by atoms with Crippen molar-refractivity contribution in [3.63, 3.8) is 0 Å². The summed E-state index contributed by atoms with van der Waals surface area (Å²) in [5, 5.41) is 0. The predicted octanol–water partition coefficient (Wildman–Crippen LogP) is 2.77. The van der Waals surface area contributed by atoms with Gasteiger partial charge in [-0.15, -0.1) is 0 Å². The fourth-order valence-electron chi connectivity index (χ4n) is 1.86. The van der Waals surface area contributed by atoms with Crippen molar-refractivity contribution < 1.29 is 12.8 Å². The first kappa shape index (κ1) is 14.3. The summed E-state index contributed by atoms with van der Waals surface area (Å²) >= 11 is 0. The summed E-state index contributed by atoms with van der Waals surface area (Å²) < 4.78 is 40.6. The minimum Gasteiger partial charge on any atom is -0.399 e.